The van der Waals surface area contributed by atoms with E-state index in [1.54, 1.807) is 14.2 Å². The Kier molecular flexibility index (Phi) is 3.69. The third-order valence-electron chi connectivity index (χ3n) is 3.34. The van der Waals surface area contributed by atoms with Crippen LogP contribution < -0.4 is 14.8 Å². The molecule has 21 heavy (non-hydrogen) atoms. The fourth-order valence-electron chi connectivity index (χ4n) is 2.24. The third-order valence-corrected chi connectivity index (χ3v) is 3.34. The maximum atomic E-state index is 5.84. The maximum absolute atomic E-state index is 5.84. The molecule has 0 saturated carbocycles. The van der Waals surface area contributed by atoms with Crippen molar-refractivity contribution < 1.29 is 13.9 Å². The van der Waals surface area contributed by atoms with E-state index in [1.165, 1.54) is 0 Å². The second-order valence-corrected chi connectivity index (χ2v) is 4.67. The number of hydrogen-bond donors (Lipinski definition) is 1. The SMILES string of the molecule is COc1ccc(NCc2cc3cccc(OC)c3o2)cc1. The number of hydrogen-bond acceptors (Lipinski definition) is 4. The lowest BCUT2D eigenvalue weighted by Crippen LogP contribution is -1.97. The number of para-hydroxylation sites is 1. The highest BCUT2D eigenvalue weighted by molar-refractivity contribution is 5.83. The van der Waals surface area contributed by atoms with Crippen LogP contribution >= 0.6 is 0 Å². The molecule has 1 heterocycles. The molecule has 4 heteroatoms. The van der Waals surface area contributed by atoms with E-state index in [2.05, 4.69) is 5.32 Å². The van der Waals surface area contributed by atoms with Crippen molar-refractivity contribution in [3.05, 3.63) is 54.3 Å². The quantitative estimate of drug-likeness (QED) is 0.766. The lowest BCUT2D eigenvalue weighted by atomic mass is 10.2. The summed E-state index contributed by atoms with van der Waals surface area (Å²) in [5, 5.41) is 4.36. The Balaban J connectivity index is 1.75. The Labute approximate surface area is 123 Å². The van der Waals surface area contributed by atoms with E-state index in [0.29, 0.717) is 6.54 Å². The lowest BCUT2D eigenvalue weighted by molar-refractivity contribution is 0.408. The Hall–Kier alpha value is -2.62. The van der Waals surface area contributed by atoms with Crippen LogP contribution in [0.5, 0.6) is 11.5 Å². The van der Waals surface area contributed by atoms with Crippen LogP contribution in [0, 0.1) is 0 Å². The van der Waals surface area contributed by atoms with Gasteiger partial charge in [0, 0.05) is 11.1 Å². The van der Waals surface area contributed by atoms with Gasteiger partial charge in [-0.2, -0.15) is 0 Å². The van der Waals surface area contributed by atoms with Gasteiger partial charge in [-0.15, -0.1) is 0 Å². The van der Waals surface area contributed by atoms with Gasteiger partial charge in [0.1, 0.15) is 11.5 Å². The van der Waals surface area contributed by atoms with Gasteiger partial charge in [0.25, 0.3) is 0 Å². The number of anilines is 1. The average molecular weight is 283 g/mol. The van der Waals surface area contributed by atoms with E-state index >= 15 is 0 Å². The van der Waals surface area contributed by atoms with Crippen molar-refractivity contribution in [2.24, 2.45) is 0 Å². The molecule has 0 bridgehead atoms. The van der Waals surface area contributed by atoms with Crippen LogP contribution in [0.4, 0.5) is 5.69 Å². The van der Waals surface area contributed by atoms with Crippen molar-refractivity contribution in [2.75, 3.05) is 19.5 Å². The van der Waals surface area contributed by atoms with Gasteiger partial charge in [0.15, 0.2) is 11.3 Å². The van der Waals surface area contributed by atoms with E-state index in [4.69, 9.17) is 13.9 Å². The van der Waals surface area contributed by atoms with Crippen LogP contribution in [-0.2, 0) is 6.54 Å². The van der Waals surface area contributed by atoms with Crippen molar-refractivity contribution in [2.45, 2.75) is 6.54 Å². The zero-order valence-corrected chi connectivity index (χ0v) is 12.1. The number of nitrogens with one attached hydrogen (secondary N) is 1. The van der Waals surface area contributed by atoms with Gasteiger partial charge in [-0.05, 0) is 36.4 Å². The largest absolute Gasteiger partial charge is 0.497 e. The molecule has 3 rings (SSSR count). The summed E-state index contributed by atoms with van der Waals surface area (Å²) in [5.41, 5.74) is 1.80. The number of ether oxygens (including phenoxy) is 2. The minimum Gasteiger partial charge on any atom is -0.497 e. The molecule has 0 aliphatic heterocycles. The van der Waals surface area contributed by atoms with Crippen molar-refractivity contribution in [1.29, 1.82) is 0 Å². The smallest absolute Gasteiger partial charge is 0.176 e. The summed E-state index contributed by atoms with van der Waals surface area (Å²) >= 11 is 0. The molecule has 0 saturated heterocycles. The van der Waals surface area contributed by atoms with Crippen LogP contribution in [0.25, 0.3) is 11.0 Å². The van der Waals surface area contributed by atoms with Gasteiger partial charge in [0.2, 0.25) is 0 Å². The van der Waals surface area contributed by atoms with Crippen molar-refractivity contribution in [3.63, 3.8) is 0 Å². The van der Waals surface area contributed by atoms with E-state index in [9.17, 15) is 0 Å². The molecule has 2 aromatic carbocycles. The van der Waals surface area contributed by atoms with Crippen molar-refractivity contribution in [1.82, 2.24) is 0 Å². The Bertz CT molecular complexity index is 731. The Morgan fingerprint density at radius 2 is 1.81 bits per heavy atom. The topological polar surface area (TPSA) is 43.6 Å². The lowest BCUT2D eigenvalue weighted by Gasteiger charge is -2.05. The third kappa shape index (κ3) is 2.79. The molecule has 1 N–H and O–H groups in total. The number of fused-ring (bicyclic) bond motifs is 1. The van der Waals surface area contributed by atoms with Crippen LogP contribution in [0.15, 0.2) is 52.9 Å². The maximum Gasteiger partial charge on any atom is 0.176 e. The first-order valence-corrected chi connectivity index (χ1v) is 6.73. The van der Waals surface area contributed by atoms with Gasteiger partial charge in [0.05, 0.1) is 20.8 Å². The first-order valence-electron chi connectivity index (χ1n) is 6.73. The fourth-order valence-corrected chi connectivity index (χ4v) is 2.24. The predicted octanol–water partition coefficient (Wildman–Crippen LogP) is 4.06. The minimum absolute atomic E-state index is 0.615. The summed E-state index contributed by atoms with van der Waals surface area (Å²) in [6.45, 7) is 0.615. The Morgan fingerprint density at radius 3 is 2.52 bits per heavy atom. The molecule has 0 amide bonds. The molecule has 108 valence electrons. The number of benzene rings is 2. The first kappa shape index (κ1) is 13.4. The molecular formula is C17H17NO3. The number of rotatable bonds is 5. The normalized spacial score (nSPS) is 10.6. The van der Waals surface area contributed by atoms with Crippen LogP contribution in [0.3, 0.4) is 0 Å². The molecule has 1 aromatic heterocycles. The van der Waals surface area contributed by atoms with Gasteiger partial charge >= 0.3 is 0 Å². The zero-order chi connectivity index (χ0) is 14.7. The molecular weight excluding hydrogens is 266 g/mol. The fraction of sp³-hybridized carbons (Fsp3) is 0.176. The minimum atomic E-state index is 0.615. The highest BCUT2D eigenvalue weighted by atomic mass is 16.5. The van der Waals surface area contributed by atoms with Crippen LogP contribution in [0.1, 0.15) is 5.76 Å². The summed E-state index contributed by atoms with van der Waals surface area (Å²) in [6, 6.07) is 15.7. The van der Waals surface area contributed by atoms with Crippen molar-refractivity contribution in [3.8, 4) is 11.5 Å². The molecule has 0 fully saturated rings. The highest BCUT2D eigenvalue weighted by Crippen LogP contribution is 2.28. The molecule has 4 nitrogen and oxygen atoms in total. The summed E-state index contributed by atoms with van der Waals surface area (Å²) in [7, 11) is 3.30. The molecule has 0 aliphatic carbocycles. The molecule has 0 aliphatic rings. The van der Waals surface area contributed by atoms with Gasteiger partial charge in [-0.25, -0.2) is 0 Å². The first-order chi connectivity index (χ1) is 10.3. The Morgan fingerprint density at radius 1 is 1.00 bits per heavy atom. The summed E-state index contributed by atoms with van der Waals surface area (Å²) in [6.07, 6.45) is 0. The summed E-state index contributed by atoms with van der Waals surface area (Å²) in [4.78, 5) is 0. The average Bonchev–Trinajstić information content (AvgIpc) is 2.96. The van der Waals surface area contributed by atoms with Gasteiger partial charge < -0.3 is 19.2 Å². The zero-order valence-electron chi connectivity index (χ0n) is 12.1. The molecule has 0 radical (unpaired) electrons. The van der Waals surface area contributed by atoms with Crippen LogP contribution in [0.2, 0.25) is 0 Å². The second kappa shape index (κ2) is 5.79. The van der Waals surface area contributed by atoms with Crippen molar-refractivity contribution >= 4 is 16.7 Å². The van der Waals surface area contributed by atoms with E-state index in [1.807, 2.05) is 48.5 Å². The number of methoxy groups -OCH3 is 2. The van der Waals surface area contributed by atoms with Gasteiger partial charge in [-0.3, -0.25) is 0 Å². The molecule has 0 atom stereocenters. The van der Waals surface area contributed by atoms with E-state index in [-0.39, 0.29) is 0 Å². The second-order valence-electron chi connectivity index (χ2n) is 4.67. The molecule has 3 aromatic rings. The van der Waals surface area contributed by atoms with E-state index < -0.39 is 0 Å². The predicted molar refractivity (Wildman–Crippen MR) is 83.1 cm³/mol. The number of furan rings is 1. The highest BCUT2D eigenvalue weighted by Gasteiger charge is 2.08. The molecule has 0 spiro atoms. The standard InChI is InChI=1S/C17H17NO3/c1-19-14-8-6-13(7-9-14)18-11-15-10-12-4-3-5-16(20-2)17(12)21-15/h3-10,18H,11H2,1-2H3. The van der Waals surface area contributed by atoms with Crippen LogP contribution in [-0.4, -0.2) is 14.2 Å². The summed E-state index contributed by atoms with van der Waals surface area (Å²) in [5.74, 6) is 2.46. The monoisotopic (exact) mass is 283 g/mol. The molecule has 0 unspecified atom stereocenters. The van der Waals surface area contributed by atoms with Gasteiger partial charge in [-0.1, -0.05) is 12.1 Å². The summed E-state index contributed by atoms with van der Waals surface area (Å²) < 4.78 is 16.3. The van der Waals surface area contributed by atoms with E-state index in [0.717, 1.165) is 33.9 Å².